The van der Waals surface area contributed by atoms with Gasteiger partial charge in [-0.15, -0.1) is 0 Å². The van der Waals surface area contributed by atoms with Crippen LogP contribution >= 0.6 is 0 Å². The molecule has 0 N–H and O–H groups in total. The molecule has 1 amide bonds. The van der Waals surface area contributed by atoms with Gasteiger partial charge in [0.2, 0.25) is 5.76 Å². The lowest BCUT2D eigenvalue weighted by molar-refractivity contribution is -0.0258. The second-order valence-corrected chi connectivity index (χ2v) is 6.70. The zero-order chi connectivity index (χ0) is 17.8. The normalized spacial score (nSPS) is 17.9. The lowest BCUT2D eigenvalue weighted by Gasteiger charge is -2.32. The first-order valence-electron chi connectivity index (χ1n) is 8.68. The maximum Gasteiger partial charge on any atom is 0.292 e. The van der Waals surface area contributed by atoms with E-state index in [-0.39, 0.29) is 17.9 Å². The summed E-state index contributed by atoms with van der Waals surface area (Å²) < 4.78 is 11.0. The number of aryl methyl sites for hydroxylation is 2. The van der Waals surface area contributed by atoms with Gasteiger partial charge >= 0.3 is 0 Å². The third-order valence-electron chi connectivity index (χ3n) is 4.34. The van der Waals surface area contributed by atoms with Gasteiger partial charge in [0.15, 0.2) is 0 Å². The minimum absolute atomic E-state index is 0.000428. The van der Waals surface area contributed by atoms with Crippen LogP contribution in [0.2, 0.25) is 0 Å². The molecular weight excluding hydrogens is 320 g/mol. The van der Waals surface area contributed by atoms with E-state index in [1.165, 1.54) is 0 Å². The monoisotopic (exact) mass is 344 g/mol. The fourth-order valence-electron chi connectivity index (χ4n) is 2.85. The Hall–Kier alpha value is -2.28. The van der Waals surface area contributed by atoms with Crippen molar-refractivity contribution in [2.24, 2.45) is 0 Å². The number of rotatable bonds is 5. The third kappa shape index (κ3) is 4.42. The Kier molecular flexibility index (Phi) is 5.43. The maximum atomic E-state index is 12.6. The molecule has 3 heterocycles. The summed E-state index contributed by atoms with van der Waals surface area (Å²) in [4.78, 5) is 22.8. The summed E-state index contributed by atoms with van der Waals surface area (Å²) in [6.45, 7) is 7.65. The van der Waals surface area contributed by atoms with Gasteiger partial charge in [-0.05, 0) is 31.7 Å². The van der Waals surface area contributed by atoms with Gasteiger partial charge in [0.1, 0.15) is 6.33 Å². The lowest BCUT2D eigenvalue weighted by Crippen LogP contribution is -2.45. The standard InChI is InChI=1S/C18H24N4O3/c1-12(2)16-9-17(25-21-16)18(23)22-6-7-24-15(10-22)5-4-14-8-13(3)19-11-20-14/h8-9,11-12,15H,4-7,10H2,1-3H3/t15-/m0/s1. The van der Waals surface area contributed by atoms with Gasteiger partial charge in [-0.3, -0.25) is 4.79 Å². The Morgan fingerprint density at radius 2 is 2.20 bits per heavy atom. The van der Waals surface area contributed by atoms with Crippen LogP contribution in [0.5, 0.6) is 0 Å². The highest BCUT2D eigenvalue weighted by Crippen LogP contribution is 2.18. The minimum Gasteiger partial charge on any atom is -0.375 e. The number of amides is 1. The van der Waals surface area contributed by atoms with Gasteiger partial charge in [0.25, 0.3) is 5.91 Å². The molecule has 0 unspecified atom stereocenters. The fraction of sp³-hybridized carbons (Fsp3) is 0.556. The van der Waals surface area contributed by atoms with Crippen LogP contribution in [0, 0.1) is 6.92 Å². The van der Waals surface area contributed by atoms with E-state index in [1.807, 2.05) is 26.8 Å². The smallest absolute Gasteiger partial charge is 0.292 e. The summed E-state index contributed by atoms with van der Waals surface area (Å²) in [5, 5.41) is 3.97. The molecule has 25 heavy (non-hydrogen) atoms. The number of carbonyl (C=O) groups excluding carboxylic acids is 1. The molecule has 1 atom stereocenters. The molecule has 0 saturated carbocycles. The molecule has 3 rings (SSSR count). The van der Waals surface area contributed by atoms with Gasteiger partial charge in [-0.2, -0.15) is 0 Å². The molecule has 0 bridgehead atoms. The van der Waals surface area contributed by atoms with Crippen molar-refractivity contribution in [3.8, 4) is 0 Å². The van der Waals surface area contributed by atoms with Crippen LogP contribution in [0.1, 0.15) is 53.8 Å². The third-order valence-corrected chi connectivity index (χ3v) is 4.34. The average Bonchev–Trinajstić information content (AvgIpc) is 3.10. The fourth-order valence-corrected chi connectivity index (χ4v) is 2.85. The SMILES string of the molecule is Cc1cc(CC[C@H]2CN(C(=O)c3cc(C(C)C)no3)CCO2)ncn1. The zero-order valence-corrected chi connectivity index (χ0v) is 14.9. The molecule has 1 aliphatic heterocycles. The zero-order valence-electron chi connectivity index (χ0n) is 14.9. The molecule has 134 valence electrons. The van der Waals surface area contributed by atoms with Crippen LogP contribution in [0.4, 0.5) is 0 Å². The van der Waals surface area contributed by atoms with E-state index in [1.54, 1.807) is 17.3 Å². The van der Waals surface area contributed by atoms with E-state index < -0.39 is 0 Å². The molecule has 1 aliphatic rings. The largest absolute Gasteiger partial charge is 0.375 e. The van der Waals surface area contributed by atoms with Crippen molar-refractivity contribution in [2.75, 3.05) is 19.7 Å². The number of hydrogen-bond acceptors (Lipinski definition) is 6. The predicted octanol–water partition coefficient (Wildman–Crippen LogP) is 2.37. The van der Waals surface area contributed by atoms with Crippen LogP contribution in [0.3, 0.4) is 0 Å². The predicted molar refractivity (Wildman–Crippen MR) is 91.3 cm³/mol. The van der Waals surface area contributed by atoms with Gasteiger partial charge in [0.05, 0.1) is 18.4 Å². The Balaban J connectivity index is 1.57. The van der Waals surface area contributed by atoms with Crippen LogP contribution < -0.4 is 0 Å². The molecule has 0 aliphatic carbocycles. The molecular formula is C18H24N4O3. The van der Waals surface area contributed by atoms with Gasteiger partial charge in [-0.1, -0.05) is 19.0 Å². The molecule has 2 aromatic rings. The quantitative estimate of drug-likeness (QED) is 0.828. The van der Waals surface area contributed by atoms with Crippen molar-refractivity contribution in [2.45, 2.75) is 45.6 Å². The van der Waals surface area contributed by atoms with Gasteiger partial charge < -0.3 is 14.2 Å². The molecule has 0 radical (unpaired) electrons. The van der Waals surface area contributed by atoms with E-state index in [0.717, 1.165) is 29.9 Å². The Morgan fingerprint density at radius 3 is 2.92 bits per heavy atom. The molecule has 1 saturated heterocycles. The number of aromatic nitrogens is 3. The van der Waals surface area contributed by atoms with E-state index in [9.17, 15) is 4.79 Å². The van der Waals surface area contributed by atoms with Gasteiger partial charge in [0, 0.05) is 30.5 Å². The maximum absolute atomic E-state index is 12.6. The molecule has 0 aromatic carbocycles. The second-order valence-electron chi connectivity index (χ2n) is 6.70. The van der Waals surface area contributed by atoms with E-state index >= 15 is 0 Å². The number of morpholine rings is 1. The summed E-state index contributed by atoms with van der Waals surface area (Å²) in [7, 11) is 0. The summed E-state index contributed by atoms with van der Waals surface area (Å²) >= 11 is 0. The van der Waals surface area contributed by atoms with Crippen molar-refractivity contribution in [3.05, 3.63) is 41.3 Å². The van der Waals surface area contributed by atoms with Crippen molar-refractivity contribution >= 4 is 5.91 Å². The van der Waals surface area contributed by atoms with Crippen LogP contribution in [0.25, 0.3) is 0 Å². The van der Waals surface area contributed by atoms with E-state index in [2.05, 4.69) is 15.1 Å². The number of ether oxygens (including phenoxy) is 1. The Bertz CT molecular complexity index is 729. The van der Waals surface area contributed by atoms with Crippen molar-refractivity contribution in [1.29, 1.82) is 0 Å². The van der Waals surface area contributed by atoms with E-state index in [4.69, 9.17) is 9.26 Å². The molecule has 0 spiro atoms. The highest BCUT2D eigenvalue weighted by Gasteiger charge is 2.27. The Morgan fingerprint density at radius 1 is 1.36 bits per heavy atom. The lowest BCUT2D eigenvalue weighted by atomic mass is 10.1. The average molecular weight is 344 g/mol. The molecule has 1 fully saturated rings. The highest BCUT2D eigenvalue weighted by molar-refractivity contribution is 5.91. The van der Waals surface area contributed by atoms with Crippen LogP contribution in [-0.4, -0.2) is 51.7 Å². The summed E-state index contributed by atoms with van der Waals surface area (Å²) in [6.07, 6.45) is 3.20. The number of hydrogen-bond donors (Lipinski definition) is 0. The highest BCUT2D eigenvalue weighted by atomic mass is 16.5. The van der Waals surface area contributed by atoms with Crippen molar-refractivity contribution in [1.82, 2.24) is 20.0 Å². The molecule has 7 heteroatoms. The summed E-state index contributed by atoms with van der Waals surface area (Å²) in [5.74, 6) is 0.417. The van der Waals surface area contributed by atoms with Crippen LogP contribution in [-0.2, 0) is 11.2 Å². The molecule has 7 nitrogen and oxygen atoms in total. The summed E-state index contributed by atoms with van der Waals surface area (Å²) in [5.41, 5.74) is 2.75. The van der Waals surface area contributed by atoms with E-state index in [0.29, 0.717) is 25.5 Å². The van der Waals surface area contributed by atoms with Crippen molar-refractivity contribution in [3.63, 3.8) is 0 Å². The summed E-state index contributed by atoms with van der Waals surface area (Å²) in [6, 6.07) is 3.72. The first-order chi connectivity index (χ1) is 12.0. The number of carbonyl (C=O) groups is 1. The molecule has 2 aromatic heterocycles. The Labute approximate surface area is 147 Å². The van der Waals surface area contributed by atoms with Crippen LogP contribution in [0.15, 0.2) is 23.0 Å². The van der Waals surface area contributed by atoms with Gasteiger partial charge in [-0.25, -0.2) is 9.97 Å². The minimum atomic E-state index is -0.120. The first-order valence-corrected chi connectivity index (χ1v) is 8.68. The number of nitrogens with zero attached hydrogens (tertiary/aromatic N) is 4. The second kappa shape index (κ2) is 7.74. The van der Waals surface area contributed by atoms with Crippen molar-refractivity contribution < 1.29 is 14.1 Å². The topological polar surface area (TPSA) is 81.4 Å². The first kappa shape index (κ1) is 17.5.